The number of nitrogen functional groups attached to an aromatic ring is 1. The summed E-state index contributed by atoms with van der Waals surface area (Å²) in [5.41, 5.74) is 8.17. The van der Waals surface area contributed by atoms with E-state index in [0.29, 0.717) is 33.1 Å². The van der Waals surface area contributed by atoms with Gasteiger partial charge in [0.05, 0.1) is 12.7 Å². The largest absolute Gasteiger partial charge is 0.496 e. The molecule has 1 heterocycles. The molecular weight excluding hydrogens is 361 g/mol. The number of aryl methyl sites for hydroxylation is 1. The second-order valence-corrected chi connectivity index (χ2v) is 6.12. The van der Waals surface area contributed by atoms with Crippen molar-refractivity contribution in [3.05, 3.63) is 52.0 Å². The number of benzene rings is 2. The zero-order valence-electron chi connectivity index (χ0n) is 13.5. The molecule has 0 aliphatic rings. The van der Waals surface area contributed by atoms with Gasteiger partial charge in [0.15, 0.2) is 5.82 Å². The molecule has 0 aliphatic carbocycles. The van der Waals surface area contributed by atoms with E-state index in [0.717, 1.165) is 11.3 Å². The van der Waals surface area contributed by atoms with Crippen molar-refractivity contribution in [3.63, 3.8) is 0 Å². The van der Waals surface area contributed by atoms with Crippen molar-refractivity contribution in [1.82, 2.24) is 15.0 Å². The molecule has 0 spiro atoms. The third kappa shape index (κ3) is 3.92. The number of hydrogen-bond acceptors (Lipinski definition) is 6. The first kappa shape index (κ1) is 17.3. The van der Waals surface area contributed by atoms with Crippen LogP contribution in [0.5, 0.6) is 5.75 Å². The Balaban J connectivity index is 2.01. The zero-order chi connectivity index (χ0) is 18.0. The number of rotatable bonds is 4. The molecule has 0 saturated carbocycles. The molecule has 3 rings (SSSR count). The van der Waals surface area contributed by atoms with Gasteiger partial charge in [0.1, 0.15) is 5.75 Å². The van der Waals surface area contributed by atoms with Gasteiger partial charge < -0.3 is 15.8 Å². The first-order valence-corrected chi connectivity index (χ1v) is 8.10. The summed E-state index contributed by atoms with van der Waals surface area (Å²) < 4.78 is 5.34. The molecule has 0 aliphatic heterocycles. The molecular formula is C17H15Cl2N5O. The molecule has 6 nitrogen and oxygen atoms in total. The summed E-state index contributed by atoms with van der Waals surface area (Å²) in [6.45, 7) is 1.93. The average molecular weight is 376 g/mol. The molecule has 25 heavy (non-hydrogen) atoms. The number of hydrogen-bond donors (Lipinski definition) is 2. The normalized spacial score (nSPS) is 10.6. The Kier molecular flexibility index (Phi) is 4.92. The van der Waals surface area contributed by atoms with E-state index in [1.54, 1.807) is 31.4 Å². The predicted molar refractivity (Wildman–Crippen MR) is 101 cm³/mol. The number of nitrogens with one attached hydrogen (secondary N) is 1. The Labute approximate surface area is 155 Å². The lowest BCUT2D eigenvalue weighted by atomic mass is 10.2. The second-order valence-electron chi connectivity index (χ2n) is 5.27. The van der Waals surface area contributed by atoms with Crippen LogP contribution in [0.3, 0.4) is 0 Å². The van der Waals surface area contributed by atoms with Crippen LogP contribution in [0, 0.1) is 6.92 Å². The third-order valence-electron chi connectivity index (χ3n) is 3.48. The van der Waals surface area contributed by atoms with Gasteiger partial charge in [-0.2, -0.15) is 15.0 Å². The maximum atomic E-state index is 6.15. The van der Waals surface area contributed by atoms with Crippen molar-refractivity contribution in [2.24, 2.45) is 0 Å². The summed E-state index contributed by atoms with van der Waals surface area (Å²) in [4.78, 5) is 12.7. The summed E-state index contributed by atoms with van der Waals surface area (Å²) in [5, 5.41) is 4.25. The van der Waals surface area contributed by atoms with Gasteiger partial charge in [-0.25, -0.2) is 0 Å². The van der Waals surface area contributed by atoms with Crippen LogP contribution in [0.2, 0.25) is 10.0 Å². The Morgan fingerprint density at radius 2 is 1.84 bits per heavy atom. The van der Waals surface area contributed by atoms with E-state index in [-0.39, 0.29) is 5.95 Å². The van der Waals surface area contributed by atoms with Crippen molar-refractivity contribution in [3.8, 4) is 17.1 Å². The van der Waals surface area contributed by atoms with Crippen molar-refractivity contribution < 1.29 is 4.74 Å². The van der Waals surface area contributed by atoms with E-state index in [1.165, 1.54) is 0 Å². The number of aromatic nitrogens is 3. The molecule has 0 saturated heterocycles. The Morgan fingerprint density at radius 1 is 1.04 bits per heavy atom. The molecule has 3 aromatic rings. The van der Waals surface area contributed by atoms with Gasteiger partial charge in [0.2, 0.25) is 11.9 Å². The molecule has 1 aromatic heterocycles. The van der Waals surface area contributed by atoms with Crippen LogP contribution >= 0.6 is 23.2 Å². The number of nitrogens with two attached hydrogens (primary N) is 1. The van der Waals surface area contributed by atoms with Crippen LogP contribution < -0.4 is 15.8 Å². The standard InChI is InChI=1S/C17H15Cl2N5O/c1-9-3-5-11(8-13(9)19)21-17-23-15(22-16(20)24-17)12-7-10(18)4-6-14(12)25-2/h3-8H,1-2H3,(H3,20,21,22,23,24). The molecule has 8 heteroatoms. The van der Waals surface area contributed by atoms with E-state index in [4.69, 9.17) is 33.7 Å². The number of methoxy groups -OCH3 is 1. The first-order chi connectivity index (χ1) is 12.0. The molecule has 128 valence electrons. The molecule has 0 amide bonds. The molecule has 0 radical (unpaired) electrons. The lowest BCUT2D eigenvalue weighted by molar-refractivity contribution is 0.416. The highest BCUT2D eigenvalue weighted by Crippen LogP contribution is 2.31. The zero-order valence-corrected chi connectivity index (χ0v) is 15.1. The number of nitrogens with zero attached hydrogens (tertiary/aromatic N) is 3. The van der Waals surface area contributed by atoms with E-state index in [9.17, 15) is 0 Å². The molecule has 0 atom stereocenters. The minimum atomic E-state index is 0.0766. The first-order valence-electron chi connectivity index (χ1n) is 7.35. The van der Waals surface area contributed by atoms with Crippen LogP contribution in [0.1, 0.15) is 5.56 Å². The fourth-order valence-electron chi connectivity index (χ4n) is 2.22. The van der Waals surface area contributed by atoms with Gasteiger partial charge in [-0.3, -0.25) is 0 Å². The molecule has 2 aromatic carbocycles. The highest BCUT2D eigenvalue weighted by atomic mass is 35.5. The average Bonchev–Trinajstić information content (AvgIpc) is 2.57. The summed E-state index contributed by atoms with van der Waals surface area (Å²) in [5.74, 6) is 1.31. The highest BCUT2D eigenvalue weighted by molar-refractivity contribution is 6.31. The Morgan fingerprint density at radius 3 is 2.56 bits per heavy atom. The SMILES string of the molecule is COc1ccc(Cl)cc1-c1nc(N)nc(Nc2ccc(C)c(Cl)c2)n1. The predicted octanol–water partition coefficient (Wildman–Crippen LogP) is 4.49. The van der Waals surface area contributed by atoms with Crippen LogP contribution in [-0.2, 0) is 0 Å². The van der Waals surface area contributed by atoms with Crippen molar-refractivity contribution in [2.75, 3.05) is 18.2 Å². The lowest BCUT2D eigenvalue weighted by Crippen LogP contribution is -2.05. The lowest BCUT2D eigenvalue weighted by Gasteiger charge is -2.11. The van der Waals surface area contributed by atoms with Crippen LogP contribution in [0.15, 0.2) is 36.4 Å². The fourth-order valence-corrected chi connectivity index (χ4v) is 2.58. The minimum absolute atomic E-state index is 0.0766. The minimum Gasteiger partial charge on any atom is -0.496 e. The van der Waals surface area contributed by atoms with Gasteiger partial charge in [0.25, 0.3) is 0 Å². The van der Waals surface area contributed by atoms with E-state index < -0.39 is 0 Å². The Bertz CT molecular complexity index is 933. The number of anilines is 3. The van der Waals surface area contributed by atoms with Gasteiger partial charge in [0, 0.05) is 15.7 Å². The quantitative estimate of drug-likeness (QED) is 0.698. The maximum Gasteiger partial charge on any atom is 0.232 e. The molecule has 0 bridgehead atoms. The van der Waals surface area contributed by atoms with Crippen LogP contribution in [0.4, 0.5) is 17.6 Å². The number of halogens is 2. The monoisotopic (exact) mass is 375 g/mol. The maximum absolute atomic E-state index is 6.15. The molecule has 0 fully saturated rings. The second kappa shape index (κ2) is 7.13. The van der Waals surface area contributed by atoms with Crippen LogP contribution in [0.25, 0.3) is 11.4 Å². The highest BCUT2D eigenvalue weighted by Gasteiger charge is 2.13. The van der Waals surface area contributed by atoms with Crippen molar-refractivity contribution in [2.45, 2.75) is 6.92 Å². The topological polar surface area (TPSA) is 86.0 Å². The molecule has 3 N–H and O–H groups in total. The van der Waals surface area contributed by atoms with E-state index in [2.05, 4.69) is 20.3 Å². The summed E-state index contributed by atoms with van der Waals surface area (Å²) in [7, 11) is 1.56. The van der Waals surface area contributed by atoms with Gasteiger partial charge >= 0.3 is 0 Å². The molecule has 0 unspecified atom stereocenters. The smallest absolute Gasteiger partial charge is 0.232 e. The van der Waals surface area contributed by atoms with Crippen LogP contribution in [-0.4, -0.2) is 22.1 Å². The van der Waals surface area contributed by atoms with Crippen molar-refractivity contribution in [1.29, 1.82) is 0 Å². The van der Waals surface area contributed by atoms with Gasteiger partial charge in [-0.15, -0.1) is 0 Å². The summed E-state index contributed by atoms with van der Waals surface area (Å²) in [6.07, 6.45) is 0. The Hall–Kier alpha value is -2.57. The summed E-state index contributed by atoms with van der Waals surface area (Å²) >= 11 is 12.2. The fraction of sp³-hybridized carbons (Fsp3) is 0.118. The third-order valence-corrected chi connectivity index (χ3v) is 4.13. The number of ether oxygens (including phenoxy) is 1. The van der Waals surface area contributed by atoms with E-state index in [1.807, 2.05) is 19.1 Å². The summed E-state index contributed by atoms with van der Waals surface area (Å²) in [6, 6.07) is 10.7. The van der Waals surface area contributed by atoms with E-state index >= 15 is 0 Å². The van der Waals surface area contributed by atoms with Gasteiger partial charge in [-0.05, 0) is 42.8 Å². The van der Waals surface area contributed by atoms with Gasteiger partial charge in [-0.1, -0.05) is 29.3 Å². The van der Waals surface area contributed by atoms with Crippen molar-refractivity contribution >= 4 is 40.8 Å².